The molecule has 0 saturated carbocycles. The highest BCUT2D eigenvalue weighted by molar-refractivity contribution is 5.85. The molecule has 2 rings (SSSR count). The minimum atomic E-state index is 0. The number of nitrogens with zero attached hydrogens (tertiary/aromatic N) is 1. The highest BCUT2D eigenvalue weighted by atomic mass is 35.5. The molecule has 1 atom stereocenters. The first-order valence-electron chi connectivity index (χ1n) is 5.45. The van der Waals surface area contributed by atoms with E-state index in [-0.39, 0.29) is 30.9 Å². The van der Waals surface area contributed by atoms with Gasteiger partial charge in [-0.05, 0) is 19.1 Å². The fraction of sp³-hybridized carbons (Fsp3) is 0.500. The number of halogens is 2. The summed E-state index contributed by atoms with van der Waals surface area (Å²) < 4.78 is 5.66. The van der Waals surface area contributed by atoms with Crippen LogP contribution in [0.3, 0.4) is 0 Å². The molecule has 1 aromatic heterocycles. The van der Waals surface area contributed by atoms with Crippen molar-refractivity contribution in [3.8, 4) is 0 Å². The summed E-state index contributed by atoms with van der Waals surface area (Å²) in [7, 11) is 0. The molecule has 1 saturated heterocycles. The second-order valence-electron chi connectivity index (χ2n) is 3.91. The fourth-order valence-corrected chi connectivity index (χ4v) is 2.02. The van der Waals surface area contributed by atoms with Crippen LogP contribution in [0.4, 0.5) is 0 Å². The van der Waals surface area contributed by atoms with Gasteiger partial charge in [-0.15, -0.1) is 31.4 Å². The monoisotopic (exact) mass is 278 g/mol. The van der Waals surface area contributed by atoms with Crippen molar-refractivity contribution in [3.63, 3.8) is 0 Å². The van der Waals surface area contributed by atoms with Crippen molar-refractivity contribution < 1.29 is 4.42 Å². The van der Waals surface area contributed by atoms with Gasteiger partial charge in [-0.25, -0.2) is 0 Å². The van der Waals surface area contributed by atoms with E-state index in [9.17, 15) is 0 Å². The molecule has 0 amide bonds. The third kappa shape index (κ3) is 4.03. The van der Waals surface area contributed by atoms with Crippen molar-refractivity contribution >= 4 is 24.8 Å². The van der Waals surface area contributed by atoms with E-state index in [0.717, 1.165) is 37.7 Å². The number of piperazine rings is 1. The highest BCUT2D eigenvalue weighted by Gasteiger charge is 2.21. The van der Waals surface area contributed by atoms with E-state index in [1.165, 1.54) is 0 Å². The Kier molecular flexibility index (Phi) is 7.55. The average Bonchev–Trinajstić information content (AvgIpc) is 2.68. The zero-order valence-electron chi connectivity index (χ0n) is 10.0. The summed E-state index contributed by atoms with van der Waals surface area (Å²) in [6.45, 7) is 10.1. The molecule has 0 radical (unpaired) electrons. The first-order valence-corrected chi connectivity index (χ1v) is 5.45. The van der Waals surface area contributed by atoms with Gasteiger partial charge in [0, 0.05) is 26.2 Å². The predicted octanol–water partition coefficient (Wildman–Crippen LogP) is 2.56. The van der Waals surface area contributed by atoms with Gasteiger partial charge in [0.2, 0.25) is 0 Å². The van der Waals surface area contributed by atoms with E-state index < -0.39 is 0 Å². The van der Waals surface area contributed by atoms with Crippen LogP contribution in [0.25, 0.3) is 0 Å². The summed E-state index contributed by atoms with van der Waals surface area (Å²) in [5.41, 5.74) is 0. The number of aryl methyl sites for hydroxylation is 1. The van der Waals surface area contributed by atoms with E-state index in [0.29, 0.717) is 0 Å². The molecule has 1 aliphatic rings. The van der Waals surface area contributed by atoms with Crippen LogP contribution in [0.5, 0.6) is 0 Å². The highest BCUT2D eigenvalue weighted by Crippen LogP contribution is 2.23. The van der Waals surface area contributed by atoms with Crippen LogP contribution < -0.4 is 5.32 Å². The molecular formula is C12H20Cl2N2O. The molecule has 0 aliphatic carbocycles. The maximum Gasteiger partial charge on any atom is 0.125 e. The first-order chi connectivity index (χ1) is 7.31. The molecule has 1 aromatic rings. The summed E-state index contributed by atoms with van der Waals surface area (Å²) >= 11 is 0. The molecule has 17 heavy (non-hydrogen) atoms. The Bertz CT molecular complexity index is 335. The smallest absolute Gasteiger partial charge is 0.125 e. The predicted molar refractivity (Wildman–Crippen MR) is 75.3 cm³/mol. The summed E-state index contributed by atoms with van der Waals surface area (Å²) in [4.78, 5) is 2.39. The Hall–Kier alpha value is -0.480. The molecule has 5 heteroatoms. The molecule has 1 aliphatic heterocycles. The summed E-state index contributed by atoms with van der Waals surface area (Å²) in [5.74, 6) is 1.97. The molecule has 0 unspecified atom stereocenters. The van der Waals surface area contributed by atoms with Crippen LogP contribution in [0.2, 0.25) is 0 Å². The van der Waals surface area contributed by atoms with Crippen molar-refractivity contribution in [1.82, 2.24) is 10.2 Å². The molecule has 0 bridgehead atoms. The molecular weight excluding hydrogens is 259 g/mol. The van der Waals surface area contributed by atoms with Crippen LogP contribution in [0, 0.1) is 6.92 Å². The lowest BCUT2D eigenvalue weighted by Gasteiger charge is -2.31. The number of hydrogen-bond donors (Lipinski definition) is 1. The molecule has 0 aromatic carbocycles. The topological polar surface area (TPSA) is 28.4 Å². The molecule has 2 heterocycles. The Morgan fingerprint density at radius 1 is 1.35 bits per heavy atom. The fourth-order valence-electron chi connectivity index (χ4n) is 2.02. The van der Waals surface area contributed by atoms with Gasteiger partial charge < -0.3 is 9.73 Å². The van der Waals surface area contributed by atoms with E-state index in [4.69, 9.17) is 4.42 Å². The van der Waals surface area contributed by atoms with Crippen molar-refractivity contribution in [1.29, 1.82) is 0 Å². The number of hydrogen-bond acceptors (Lipinski definition) is 3. The third-order valence-electron chi connectivity index (χ3n) is 2.82. The lowest BCUT2D eigenvalue weighted by atomic mass is 10.1. The quantitative estimate of drug-likeness (QED) is 0.862. The van der Waals surface area contributed by atoms with Crippen molar-refractivity contribution in [2.75, 3.05) is 26.2 Å². The van der Waals surface area contributed by atoms with Crippen LogP contribution in [-0.4, -0.2) is 31.1 Å². The number of nitrogens with one attached hydrogen (secondary N) is 1. The van der Waals surface area contributed by atoms with Gasteiger partial charge in [-0.1, -0.05) is 6.08 Å². The molecule has 98 valence electrons. The lowest BCUT2D eigenvalue weighted by Crippen LogP contribution is -2.44. The van der Waals surface area contributed by atoms with Gasteiger partial charge in [0.15, 0.2) is 0 Å². The normalized spacial score (nSPS) is 17.7. The van der Waals surface area contributed by atoms with Crippen LogP contribution in [0.15, 0.2) is 29.2 Å². The molecule has 1 fully saturated rings. The third-order valence-corrected chi connectivity index (χ3v) is 2.82. The standard InChI is InChI=1S/C12H18N2O.2ClH/c1-3-11(12-5-4-10(2)15-12)14-8-6-13-7-9-14;;/h3-5,11,13H,1,6-9H2,2H3;2*1H/t11-;;/m0../s1. The second-order valence-corrected chi connectivity index (χ2v) is 3.91. The van der Waals surface area contributed by atoms with E-state index in [2.05, 4.69) is 16.8 Å². The van der Waals surface area contributed by atoms with Crippen LogP contribution >= 0.6 is 24.8 Å². The largest absolute Gasteiger partial charge is 0.464 e. The van der Waals surface area contributed by atoms with Gasteiger partial charge in [-0.2, -0.15) is 0 Å². The Morgan fingerprint density at radius 2 is 2.00 bits per heavy atom. The minimum absolute atomic E-state index is 0. The summed E-state index contributed by atoms with van der Waals surface area (Å²) in [6, 6.07) is 4.28. The van der Waals surface area contributed by atoms with Crippen molar-refractivity contribution in [2.24, 2.45) is 0 Å². The maximum absolute atomic E-state index is 5.66. The summed E-state index contributed by atoms with van der Waals surface area (Å²) in [6.07, 6.45) is 1.96. The Morgan fingerprint density at radius 3 is 2.47 bits per heavy atom. The second kappa shape index (κ2) is 7.77. The van der Waals surface area contributed by atoms with E-state index in [1.807, 2.05) is 25.1 Å². The zero-order chi connectivity index (χ0) is 10.7. The average molecular weight is 279 g/mol. The molecule has 3 nitrogen and oxygen atoms in total. The van der Waals surface area contributed by atoms with Gasteiger partial charge in [0.1, 0.15) is 11.5 Å². The van der Waals surface area contributed by atoms with Gasteiger partial charge >= 0.3 is 0 Å². The lowest BCUT2D eigenvalue weighted by molar-refractivity contribution is 0.184. The van der Waals surface area contributed by atoms with Crippen LogP contribution in [0.1, 0.15) is 17.6 Å². The van der Waals surface area contributed by atoms with Gasteiger partial charge in [-0.3, -0.25) is 4.90 Å². The SMILES string of the molecule is C=C[C@@H](c1ccc(C)o1)N1CCNCC1.Cl.Cl. The van der Waals surface area contributed by atoms with E-state index in [1.54, 1.807) is 0 Å². The minimum Gasteiger partial charge on any atom is -0.464 e. The molecule has 0 spiro atoms. The number of rotatable bonds is 3. The van der Waals surface area contributed by atoms with Crippen molar-refractivity contribution in [3.05, 3.63) is 36.3 Å². The zero-order valence-corrected chi connectivity index (χ0v) is 11.6. The van der Waals surface area contributed by atoms with Crippen molar-refractivity contribution in [2.45, 2.75) is 13.0 Å². The maximum atomic E-state index is 5.66. The Labute approximate surface area is 115 Å². The Balaban J connectivity index is 0.00000128. The number of furan rings is 1. The van der Waals surface area contributed by atoms with Gasteiger partial charge in [0.05, 0.1) is 6.04 Å². The van der Waals surface area contributed by atoms with E-state index >= 15 is 0 Å². The van der Waals surface area contributed by atoms with Crippen LogP contribution in [-0.2, 0) is 0 Å². The molecule has 1 N–H and O–H groups in total. The first kappa shape index (κ1) is 16.5. The summed E-state index contributed by atoms with van der Waals surface area (Å²) in [5, 5.41) is 3.34. The van der Waals surface area contributed by atoms with Gasteiger partial charge in [0.25, 0.3) is 0 Å².